The summed E-state index contributed by atoms with van der Waals surface area (Å²) < 4.78 is 7.58. The number of ether oxygens (including phenoxy) is 1. The van der Waals surface area contributed by atoms with E-state index in [1.165, 1.54) is 0 Å². The van der Waals surface area contributed by atoms with Crippen LogP contribution < -0.4 is 5.32 Å². The van der Waals surface area contributed by atoms with Crippen molar-refractivity contribution < 1.29 is 9.53 Å². The van der Waals surface area contributed by atoms with Crippen LogP contribution in [-0.2, 0) is 31.2 Å². The summed E-state index contributed by atoms with van der Waals surface area (Å²) in [5.74, 6) is 0.764. The van der Waals surface area contributed by atoms with Gasteiger partial charge in [0.05, 0.1) is 36.3 Å². The van der Waals surface area contributed by atoms with Crippen LogP contribution in [0, 0.1) is 0 Å². The van der Waals surface area contributed by atoms with E-state index in [2.05, 4.69) is 20.4 Å². The summed E-state index contributed by atoms with van der Waals surface area (Å²) in [5.41, 5.74) is 3.38. The lowest BCUT2D eigenvalue weighted by atomic mass is 9.99. The van der Waals surface area contributed by atoms with Crippen molar-refractivity contribution in [2.75, 3.05) is 0 Å². The maximum atomic E-state index is 12.5. The van der Waals surface area contributed by atoms with Crippen molar-refractivity contribution in [3.63, 3.8) is 0 Å². The smallest absolute Gasteiger partial charge is 0.272 e. The van der Waals surface area contributed by atoms with E-state index in [0.29, 0.717) is 18.7 Å². The Kier molecular flexibility index (Phi) is 4.21. The molecule has 0 unspecified atom stereocenters. The SMILES string of the molecule is CCc1ncc(CNC(=O)c2nn(C)c3c2C[C@H](C)O[C@@H]3C)[nH]1. The fourth-order valence-electron chi connectivity index (χ4n) is 3.16. The summed E-state index contributed by atoms with van der Waals surface area (Å²) in [4.78, 5) is 19.9. The second kappa shape index (κ2) is 6.16. The molecule has 0 aromatic carbocycles. The van der Waals surface area contributed by atoms with E-state index in [9.17, 15) is 4.79 Å². The first-order valence-corrected chi connectivity index (χ1v) is 8.01. The Morgan fingerprint density at radius 2 is 2.30 bits per heavy atom. The van der Waals surface area contributed by atoms with Crippen molar-refractivity contribution in [3.05, 3.63) is 34.7 Å². The van der Waals surface area contributed by atoms with Gasteiger partial charge in [0.15, 0.2) is 5.69 Å². The van der Waals surface area contributed by atoms with Gasteiger partial charge in [-0.25, -0.2) is 4.98 Å². The third-order valence-corrected chi connectivity index (χ3v) is 4.18. The van der Waals surface area contributed by atoms with Crippen molar-refractivity contribution >= 4 is 5.91 Å². The number of aromatic amines is 1. The molecule has 124 valence electrons. The summed E-state index contributed by atoms with van der Waals surface area (Å²) in [6.07, 6.45) is 3.35. The quantitative estimate of drug-likeness (QED) is 0.898. The predicted molar refractivity (Wildman–Crippen MR) is 85.0 cm³/mol. The molecule has 7 nitrogen and oxygen atoms in total. The van der Waals surface area contributed by atoms with Crippen LogP contribution in [0.2, 0.25) is 0 Å². The van der Waals surface area contributed by atoms with E-state index in [4.69, 9.17) is 4.74 Å². The fourth-order valence-corrected chi connectivity index (χ4v) is 3.16. The molecule has 3 rings (SSSR count). The van der Waals surface area contributed by atoms with Gasteiger partial charge in [-0.3, -0.25) is 9.48 Å². The Labute approximate surface area is 135 Å². The van der Waals surface area contributed by atoms with Crippen LogP contribution in [-0.4, -0.2) is 31.8 Å². The van der Waals surface area contributed by atoms with Crippen LogP contribution in [0.3, 0.4) is 0 Å². The second-order valence-corrected chi connectivity index (χ2v) is 6.02. The Bertz CT molecular complexity index is 718. The maximum Gasteiger partial charge on any atom is 0.272 e. The van der Waals surface area contributed by atoms with Gasteiger partial charge in [-0.2, -0.15) is 5.10 Å². The molecule has 0 spiro atoms. The van der Waals surface area contributed by atoms with Crippen LogP contribution in [0.15, 0.2) is 6.20 Å². The molecule has 0 saturated carbocycles. The number of rotatable bonds is 4. The molecule has 3 heterocycles. The first-order valence-electron chi connectivity index (χ1n) is 8.01. The van der Waals surface area contributed by atoms with Crippen molar-refractivity contribution in [2.24, 2.45) is 7.05 Å². The molecule has 0 fully saturated rings. The topological polar surface area (TPSA) is 84.8 Å². The number of amides is 1. The minimum absolute atomic E-state index is 0.0486. The zero-order chi connectivity index (χ0) is 16.6. The number of H-pyrrole nitrogens is 1. The summed E-state index contributed by atoms with van der Waals surface area (Å²) in [6, 6.07) is 0. The molecule has 23 heavy (non-hydrogen) atoms. The van der Waals surface area contributed by atoms with Gasteiger partial charge in [0, 0.05) is 25.5 Å². The summed E-state index contributed by atoms with van der Waals surface area (Å²) in [6.45, 7) is 6.46. The van der Waals surface area contributed by atoms with Gasteiger partial charge in [0.2, 0.25) is 0 Å². The maximum absolute atomic E-state index is 12.5. The van der Waals surface area contributed by atoms with Crippen LogP contribution >= 0.6 is 0 Å². The highest BCUT2D eigenvalue weighted by Crippen LogP contribution is 2.31. The molecule has 2 aromatic heterocycles. The molecule has 1 aliphatic rings. The number of carbonyl (C=O) groups excluding carboxylic acids is 1. The number of imidazole rings is 1. The van der Waals surface area contributed by atoms with Crippen molar-refractivity contribution in [1.82, 2.24) is 25.1 Å². The van der Waals surface area contributed by atoms with Gasteiger partial charge >= 0.3 is 0 Å². The number of hydrogen-bond donors (Lipinski definition) is 2. The van der Waals surface area contributed by atoms with Gasteiger partial charge in [-0.05, 0) is 13.8 Å². The number of aryl methyl sites for hydroxylation is 2. The number of aromatic nitrogens is 4. The van der Waals surface area contributed by atoms with Crippen molar-refractivity contribution in [3.8, 4) is 0 Å². The number of nitrogens with one attached hydrogen (secondary N) is 2. The molecule has 0 bridgehead atoms. The van der Waals surface area contributed by atoms with E-state index in [1.807, 2.05) is 27.8 Å². The lowest BCUT2D eigenvalue weighted by molar-refractivity contribution is -0.00903. The summed E-state index contributed by atoms with van der Waals surface area (Å²) in [5, 5.41) is 7.33. The Hall–Kier alpha value is -2.15. The summed E-state index contributed by atoms with van der Waals surface area (Å²) in [7, 11) is 1.86. The van der Waals surface area contributed by atoms with Crippen molar-refractivity contribution in [1.29, 1.82) is 0 Å². The van der Waals surface area contributed by atoms with E-state index in [0.717, 1.165) is 29.2 Å². The largest absolute Gasteiger partial charge is 0.369 e. The minimum atomic E-state index is -0.157. The van der Waals surface area contributed by atoms with Gasteiger partial charge in [-0.1, -0.05) is 6.92 Å². The number of fused-ring (bicyclic) bond motifs is 1. The standard InChI is InChI=1S/C16H23N5O2/c1-5-13-17-7-11(19-13)8-18-16(22)14-12-6-9(2)23-10(3)15(12)21(4)20-14/h7,9-10H,5-6,8H2,1-4H3,(H,17,19)(H,18,22)/t9-,10+/m0/s1. The average molecular weight is 317 g/mol. The highest BCUT2D eigenvalue weighted by Gasteiger charge is 2.31. The van der Waals surface area contributed by atoms with Crippen molar-refractivity contribution in [2.45, 2.75) is 52.4 Å². The van der Waals surface area contributed by atoms with Gasteiger partial charge in [0.1, 0.15) is 5.82 Å². The number of carbonyl (C=O) groups is 1. The van der Waals surface area contributed by atoms with Crippen LogP contribution in [0.1, 0.15) is 60.1 Å². The third-order valence-electron chi connectivity index (χ3n) is 4.18. The zero-order valence-electron chi connectivity index (χ0n) is 14.0. The lowest BCUT2D eigenvalue weighted by Crippen LogP contribution is -2.27. The molecule has 2 aromatic rings. The number of nitrogens with zero attached hydrogens (tertiary/aromatic N) is 3. The zero-order valence-corrected chi connectivity index (χ0v) is 14.0. The van der Waals surface area contributed by atoms with E-state index < -0.39 is 0 Å². The molecule has 1 aliphatic heterocycles. The van der Waals surface area contributed by atoms with E-state index in [-0.39, 0.29) is 18.1 Å². The van der Waals surface area contributed by atoms with Gasteiger partial charge < -0.3 is 15.0 Å². The second-order valence-electron chi connectivity index (χ2n) is 6.02. The van der Waals surface area contributed by atoms with Crippen LogP contribution in [0.4, 0.5) is 0 Å². The predicted octanol–water partition coefficient (Wildman–Crippen LogP) is 1.66. The molecule has 0 aliphatic carbocycles. The first kappa shape index (κ1) is 15.7. The Morgan fingerprint density at radius 1 is 1.52 bits per heavy atom. The summed E-state index contributed by atoms with van der Waals surface area (Å²) >= 11 is 0. The van der Waals surface area contributed by atoms with Gasteiger partial charge in [0.25, 0.3) is 5.91 Å². The molecule has 0 radical (unpaired) electrons. The highest BCUT2D eigenvalue weighted by atomic mass is 16.5. The minimum Gasteiger partial charge on any atom is -0.369 e. The Balaban J connectivity index is 1.76. The average Bonchev–Trinajstić information content (AvgIpc) is 3.09. The Morgan fingerprint density at radius 3 is 3.00 bits per heavy atom. The van der Waals surface area contributed by atoms with E-state index >= 15 is 0 Å². The monoisotopic (exact) mass is 317 g/mol. The fraction of sp³-hybridized carbons (Fsp3) is 0.562. The molecule has 2 N–H and O–H groups in total. The highest BCUT2D eigenvalue weighted by molar-refractivity contribution is 5.94. The van der Waals surface area contributed by atoms with Crippen LogP contribution in [0.5, 0.6) is 0 Å². The lowest BCUT2D eigenvalue weighted by Gasteiger charge is -2.26. The molecular formula is C16H23N5O2. The molecule has 0 saturated heterocycles. The molecule has 7 heteroatoms. The van der Waals surface area contributed by atoms with Crippen LogP contribution in [0.25, 0.3) is 0 Å². The van der Waals surface area contributed by atoms with Gasteiger partial charge in [-0.15, -0.1) is 0 Å². The molecule has 1 amide bonds. The molecule has 2 atom stereocenters. The molecular weight excluding hydrogens is 294 g/mol. The third kappa shape index (κ3) is 3.01. The number of hydrogen-bond acceptors (Lipinski definition) is 4. The first-order chi connectivity index (χ1) is 11.0. The normalized spacial score (nSPS) is 20.3. The van der Waals surface area contributed by atoms with E-state index in [1.54, 1.807) is 10.9 Å².